The van der Waals surface area contributed by atoms with E-state index in [9.17, 15) is 14.4 Å². The molecule has 0 saturated heterocycles. The number of amides is 3. The minimum absolute atomic E-state index is 0.0263. The Bertz CT molecular complexity index is 587. The number of para-hydroxylation sites is 1. The Kier molecular flexibility index (Phi) is 7.74. The SMILES string of the molecule is CCOC(=O)c1ccccc1N(CCNC(=O)NC(C)C)C(C)=O. The van der Waals surface area contributed by atoms with Crippen LogP contribution in [-0.2, 0) is 9.53 Å². The number of nitrogens with zero attached hydrogens (tertiary/aromatic N) is 1. The zero-order valence-corrected chi connectivity index (χ0v) is 14.6. The van der Waals surface area contributed by atoms with E-state index in [-0.39, 0.29) is 37.7 Å². The molecule has 0 atom stereocenters. The third-order valence-electron chi connectivity index (χ3n) is 3.11. The minimum Gasteiger partial charge on any atom is -0.462 e. The van der Waals surface area contributed by atoms with E-state index in [2.05, 4.69) is 10.6 Å². The first-order chi connectivity index (χ1) is 11.4. The van der Waals surface area contributed by atoms with E-state index in [1.54, 1.807) is 31.2 Å². The average molecular weight is 335 g/mol. The lowest BCUT2D eigenvalue weighted by molar-refractivity contribution is -0.116. The van der Waals surface area contributed by atoms with Crippen molar-refractivity contribution in [3.8, 4) is 0 Å². The fourth-order valence-corrected chi connectivity index (χ4v) is 2.13. The molecule has 0 heterocycles. The molecule has 7 nitrogen and oxygen atoms in total. The average Bonchev–Trinajstić information content (AvgIpc) is 2.51. The quantitative estimate of drug-likeness (QED) is 0.745. The van der Waals surface area contributed by atoms with Crippen molar-refractivity contribution >= 4 is 23.6 Å². The number of carbonyl (C=O) groups is 3. The van der Waals surface area contributed by atoms with Crippen molar-refractivity contribution in [3.05, 3.63) is 29.8 Å². The molecule has 24 heavy (non-hydrogen) atoms. The molecule has 132 valence electrons. The van der Waals surface area contributed by atoms with Crippen LogP contribution in [0.4, 0.5) is 10.5 Å². The summed E-state index contributed by atoms with van der Waals surface area (Å²) in [6.07, 6.45) is 0. The first-order valence-electron chi connectivity index (χ1n) is 7.95. The number of urea groups is 1. The monoisotopic (exact) mass is 335 g/mol. The second-order valence-electron chi connectivity index (χ2n) is 5.46. The number of ether oxygens (including phenoxy) is 1. The molecule has 1 aromatic rings. The number of hydrogen-bond acceptors (Lipinski definition) is 4. The normalized spacial score (nSPS) is 10.2. The first-order valence-corrected chi connectivity index (χ1v) is 7.95. The van der Waals surface area contributed by atoms with Crippen LogP contribution in [0, 0.1) is 0 Å². The Labute approximate surface area is 142 Å². The highest BCUT2D eigenvalue weighted by atomic mass is 16.5. The maximum absolute atomic E-state index is 12.1. The number of benzene rings is 1. The second kappa shape index (κ2) is 9.54. The van der Waals surface area contributed by atoms with Gasteiger partial charge in [-0.1, -0.05) is 12.1 Å². The molecule has 0 aromatic heterocycles. The van der Waals surface area contributed by atoms with Gasteiger partial charge in [-0.05, 0) is 32.9 Å². The molecule has 1 aromatic carbocycles. The van der Waals surface area contributed by atoms with Crippen molar-refractivity contribution in [3.63, 3.8) is 0 Å². The fraction of sp³-hybridized carbons (Fsp3) is 0.471. The van der Waals surface area contributed by atoms with E-state index in [1.165, 1.54) is 11.8 Å². The number of anilines is 1. The number of esters is 1. The minimum atomic E-state index is -0.482. The van der Waals surface area contributed by atoms with Crippen LogP contribution in [0.5, 0.6) is 0 Å². The van der Waals surface area contributed by atoms with Crippen LogP contribution in [-0.4, -0.2) is 43.6 Å². The van der Waals surface area contributed by atoms with E-state index >= 15 is 0 Å². The summed E-state index contributed by atoms with van der Waals surface area (Å²) in [5.74, 6) is -0.706. The second-order valence-corrected chi connectivity index (χ2v) is 5.46. The van der Waals surface area contributed by atoms with Gasteiger partial charge in [-0.2, -0.15) is 0 Å². The van der Waals surface area contributed by atoms with Crippen molar-refractivity contribution in [2.24, 2.45) is 0 Å². The molecule has 3 amide bonds. The van der Waals surface area contributed by atoms with E-state index in [0.29, 0.717) is 11.3 Å². The molecule has 0 aliphatic carbocycles. The highest BCUT2D eigenvalue weighted by molar-refractivity contribution is 6.02. The molecule has 0 bridgehead atoms. The van der Waals surface area contributed by atoms with Gasteiger partial charge in [0.25, 0.3) is 0 Å². The number of nitrogens with one attached hydrogen (secondary N) is 2. The van der Waals surface area contributed by atoms with Crippen LogP contribution in [0.3, 0.4) is 0 Å². The van der Waals surface area contributed by atoms with Crippen molar-refractivity contribution in [2.75, 3.05) is 24.6 Å². The van der Waals surface area contributed by atoms with Crippen LogP contribution in [0.2, 0.25) is 0 Å². The molecular weight excluding hydrogens is 310 g/mol. The predicted molar refractivity (Wildman–Crippen MR) is 92.1 cm³/mol. The molecule has 0 aliphatic rings. The summed E-state index contributed by atoms with van der Waals surface area (Å²) in [6, 6.07) is 6.48. The summed E-state index contributed by atoms with van der Waals surface area (Å²) in [4.78, 5) is 37.1. The molecule has 0 saturated carbocycles. The van der Waals surface area contributed by atoms with Crippen LogP contribution in [0.15, 0.2) is 24.3 Å². The number of hydrogen-bond donors (Lipinski definition) is 2. The highest BCUT2D eigenvalue weighted by Gasteiger charge is 2.19. The van der Waals surface area contributed by atoms with Gasteiger partial charge in [0.15, 0.2) is 0 Å². The highest BCUT2D eigenvalue weighted by Crippen LogP contribution is 2.21. The Morgan fingerprint density at radius 1 is 1.21 bits per heavy atom. The number of carbonyl (C=O) groups excluding carboxylic acids is 3. The van der Waals surface area contributed by atoms with E-state index < -0.39 is 5.97 Å². The van der Waals surface area contributed by atoms with Crippen molar-refractivity contribution in [2.45, 2.75) is 33.7 Å². The summed E-state index contributed by atoms with van der Waals surface area (Å²) in [6.45, 7) is 7.61. The van der Waals surface area contributed by atoms with Crippen LogP contribution >= 0.6 is 0 Å². The van der Waals surface area contributed by atoms with Gasteiger partial charge in [0.2, 0.25) is 5.91 Å². The van der Waals surface area contributed by atoms with E-state index in [0.717, 1.165) is 0 Å². The van der Waals surface area contributed by atoms with Crippen LogP contribution in [0.1, 0.15) is 38.1 Å². The van der Waals surface area contributed by atoms with Crippen molar-refractivity contribution < 1.29 is 19.1 Å². The summed E-state index contributed by atoms with van der Waals surface area (Å²) >= 11 is 0. The van der Waals surface area contributed by atoms with Gasteiger partial charge in [0.1, 0.15) is 0 Å². The molecule has 0 radical (unpaired) electrons. The summed E-state index contributed by atoms with van der Waals surface area (Å²) < 4.78 is 5.03. The largest absolute Gasteiger partial charge is 0.462 e. The summed E-state index contributed by atoms with van der Waals surface area (Å²) in [5, 5.41) is 5.39. The zero-order chi connectivity index (χ0) is 18.1. The lowest BCUT2D eigenvalue weighted by Gasteiger charge is -2.23. The zero-order valence-electron chi connectivity index (χ0n) is 14.6. The predicted octanol–water partition coefficient (Wildman–Crippen LogP) is 1.92. The smallest absolute Gasteiger partial charge is 0.340 e. The molecular formula is C17H25N3O4. The van der Waals surface area contributed by atoms with Crippen molar-refractivity contribution in [1.82, 2.24) is 10.6 Å². The molecule has 0 aliphatic heterocycles. The Hall–Kier alpha value is -2.57. The lowest BCUT2D eigenvalue weighted by atomic mass is 10.1. The van der Waals surface area contributed by atoms with Crippen LogP contribution in [0.25, 0.3) is 0 Å². The van der Waals surface area contributed by atoms with Gasteiger partial charge in [-0.25, -0.2) is 9.59 Å². The molecule has 0 fully saturated rings. The summed E-state index contributed by atoms with van der Waals surface area (Å²) in [5.41, 5.74) is 0.788. The van der Waals surface area contributed by atoms with Gasteiger partial charge in [-0.15, -0.1) is 0 Å². The standard InChI is InChI=1S/C17H25N3O4/c1-5-24-16(22)14-8-6-7-9-15(14)20(13(4)21)11-10-18-17(23)19-12(2)3/h6-9,12H,5,10-11H2,1-4H3,(H2,18,19,23). The topological polar surface area (TPSA) is 87.7 Å². The fourth-order valence-electron chi connectivity index (χ4n) is 2.13. The van der Waals surface area contributed by atoms with E-state index in [1.807, 2.05) is 13.8 Å². The Morgan fingerprint density at radius 3 is 2.46 bits per heavy atom. The molecule has 1 rings (SSSR count). The molecule has 0 unspecified atom stereocenters. The first kappa shape index (κ1) is 19.5. The lowest BCUT2D eigenvalue weighted by Crippen LogP contribution is -2.44. The van der Waals surface area contributed by atoms with Gasteiger partial charge >= 0.3 is 12.0 Å². The van der Waals surface area contributed by atoms with Crippen LogP contribution < -0.4 is 15.5 Å². The summed E-state index contributed by atoms with van der Waals surface area (Å²) in [7, 11) is 0. The van der Waals surface area contributed by atoms with Crippen molar-refractivity contribution in [1.29, 1.82) is 0 Å². The van der Waals surface area contributed by atoms with Gasteiger partial charge < -0.3 is 20.3 Å². The maximum atomic E-state index is 12.1. The maximum Gasteiger partial charge on any atom is 0.340 e. The van der Waals surface area contributed by atoms with Gasteiger partial charge in [0.05, 0.1) is 17.9 Å². The Morgan fingerprint density at radius 2 is 1.88 bits per heavy atom. The molecule has 0 spiro atoms. The van der Waals surface area contributed by atoms with E-state index in [4.69, 9.17) is 4.74 Å². The van der Waals surface area contributed by atoms with Gasteiger partial charge in [0, 0.05) is 26.1 Å². The third-order valence-corrected chi connectivity index (χ3v) is 3.11. The van der Waals surface area contributed by atoms with Gasteiger partial charge in [-0.3, -0.25) is 4.79 Å². The third kappa shape index (κ3) is 5.91. The molecule has 2 N–H and O–H groups in total. The number of rotatable bonds is 7. The Balaban J connectivity index is 2.84. The molecule has 7 heteroatoms.